The highest BCUT2D eigenvalue weighted by atomic mass is 79.9. The van der Waals surface area contributed by atoms with Crippen LogP contribution in [0, 0.1) is 5.82 Å². The molecule has 1 rings (SSSR count). The van der Waals surface area contributed by atoms with E-state index in [9.17, 15) is 9.18 Å². The third kappa shape index (κ3) is 2.32. The van der Waals surface area contributed by atoms with Gasteiger partial charge in [0, 0.05) is 5.56 Å². The Bertz CT molecular complexity index is 370. The van der Waals surface area contributed by atoms with E-state index in [1.807, 2.05) is 0 Å². The van der Waals surface area contributed by atoms with Crippen molar-refractivity contribution in [2.24, 2.45) is 0 Å². The van der Waals surface area contributed by atoms with Gasteiger partial charge in [-0.25, -0.2) is 4.39 Å². The fraction of sp³-hybridized carbons (Fsp3) is 0.222. The predicted molar refractivity (Wildman–Crippen MR) is 57.4 cm³/mol. The first-order chi connectivity index (χ1) is 6.57. The van der Waals surface area contributed by atoms with Crippen molar-refractivity contribution in [2.75, 3.05) is 13.6 Å². The minimum Gasteiger partial charge on any atom is -0.313 e. The summed E-state index contributed by atoms with van der Waals surface area (Å²) in [5.74, 6) is -0.836. The molecule has 0 aliphatic rings. The van der Waals surface area contributed by atoms with Crippen molar-refractivity contribution in [3.63, 3.8) is 0 Å². The number of likely N-dealkylation sites (N-methyl/N-ethyl adjacent to an activating group) is 1. The van der Waals surface area contributed by atoms with Gasteiger partial charge in [-0.1, -0.05) is 11.6 Å². The standard InChI is InChI=1S/C9H8BrClFNO/c1-13-4-7(14)5-2-3-6(10)9(12)8(5)11/h2-3,13H,4H2,1H3. The molecule has 1 aromatic carbocycles. The smallest absolute Gasteiger partial charge is 0.178 e. The summed E-state index contributed by atoms with van der Waals surface area (Å²) in [4.78, 5) is 11.4. The van der Waals surface area contributed by atoms with Gasteiger partial charge in [0.25, 0.3) is 0 Å². The van der Waals surface area contributed by atoms with E-state index < -0.39 is 5.82 Å². The molecule has 0 aliphatic heterocycles. The minimum absolute atomic E-state index is 0.139. The Balaban J connectivity index is 3.11. The molecule has 0 heterocycles. The maximum atomic E-state index is 13.2. The second-order valence-electron chi connectivity index (χ2n) is 2.68. The average molecular weight is 281 g/mol. The van der Waals surface area contributed by atoms with Crippen molar-refractivity contribution in [1.29, 1.82) is 0 Å². The van der Waals surface area contributed by atoms with E-state index in [0.717, 1.165) is 0 Å². The molecule has 0 spiro atoms. The molecule has 0 aromatic heterocycles. The molecule has 1 aromatic rings. The normalized spacial score (nSPS) is 10.3. The summed E-state index contributed by atoms with van der Waals surface area (Å²) < 4.78 is 13.5. The van der Waals surface area contributed by atoms with Gasteiger partial charge in [0.2, 0.25) is 0 Å². The van der Waals surface area contributed by atoms with Gasteiger partial charge >= 0.3 is 0 Å². The molecule has 76 valence electrons. The van der Waals surface area contributed by atoms with Gasteiger partial charge in [-0.3, -0.25) is 4.79 Å². The fourth-order valence-electron chi connectivity index (χ4n) is 0.997. The highest BCUT2D eigenvalue weighted by Gasteiger charge is 2.14. The van der Waals surface area contributed by atoms with E-state index in [1.54, 1.807) is 7.05 Å². The van der Waals surface area contributed by atoms with Crippen LogP contribution < -0.4 is 5.32 Å². The Kier molecular flexibility index (Phi) is 4.04. The average Bonchev–Trinajstić information content (AvgIpc) is 2.15. The molecule has 0 aliphatic carbocycles. The van der Waals surface area contributed by atoms with Crippen LogP contribution in [0.3, 0.4) is 0 Å². The maximum Gasteiger partial charge on any atom is 0.178 e. The van der Waals surface area contributed by atoms with E-state index in [4.69, 9.17) is 11.6 Å². The lowest BCUT2D eigenvalue weighted by Crippen LogP contribution is -2.19. The van der Waals surface area contributed by atoms with E-state index in [2.05, 4.69) is 21.2 Å². The number of rotatable bonds is 3. The zero-order valence-corrected chi connectivity index (χ0v) is 9.75. The van der Waals surface area contributed by atoms with Crippen LogP contribution in [0.4, 0.5) is 4.39 Å². The van der Waals surface area contributed by atoms with Gasteiger partial charge in [-0.2, -0.15) is 0 Å². The molecule has 0 unspecified atom stereocenters. The number of ketones is 1. The van der Waals surface area contributed by atoms with Crippen molar-refractivity contribution < 1.29 is 9.18 Å². The molecular weight excluding hydrogens is 272 g/mol. The van der Waals surface area contributed by atoms with Gasteiger partial charge in [0.05, 0.1) is 16.0 Å². The quantitative estimate of drug-likeness (QED) is 0.681. The molecular formula is C9H8BrClFNO. The number of nitrogens with one attached hydrogen (secondary N) is 1. The lowest BCUT2D eigenvalue weighted by molar-refractivity contribution is 0.0993. The highest BCUT2D eigenvalue weighted by Crippen LogP contribution is 2.26. The zero-order chi connectivity index (χ0) is 10.7. The number of carbonyl (C=O) groups excluding carboxylic acids is 1. The maximum absolute atomic E-state index is 13.2. The molecule has 0 amide bonds. The third-order valence-electron chi connectivity index (χ3n) is 1.67. The predicted octanol–water partition coefficient (Wildman–Crippen LogP) is 2.64. The van der Waals surface area contributed by atoms with E-state index in [0.29, 0.717) is 0 Å². The Morgan fingerprint density at radius 1 is 1.64 bits per heavy atom. The molecule has 0 bridgehead atoms. The van der Waals surface area contributed by atoms with Gasteiger partial charge in [0.1, 0.15) is 0 Å². The summed E-state index contributed by atoms with van der Waals surface area (Å²) in [6.07, 6.45) is 0. The number of hydrogen-bond acceptors (Lipinski definition) is 2. The van der Waals surface area contributed by atoms with Crippen LogP contribution in [0.5, 0.6) is 0 Å². The molecule has 0 radical (unpaired) electrons. The van der Waals surface area contributed by atoms with Crippen molar-refractivity contribution in [3.8, 4) is 0 Å². The van der Waals surface area contributed by atoms with Gasteiger partial charge < -0.3 is 5.32 Å². The first-order valence-electron chi connectivity index (χ1n) is 3.89. The molecule has 0 fully saturated rings. The van der Waals surface area contributed by atoms with Crippen LogP contribution >= 0.6 is 27.5 Å². The van der Waals surface area contributed by atoms with Crippen molar-refractivity contribution in [2.45, 2.75) is 0 Å². The molecule has 0 atom stereocenters. The summed E-state index contributed by atoms with van der Waals surface area (Å²) in [6, 6.07) is 2.96. The van der Waals surface area contributed by atoms with Crippen LogP contribution in [-0.2, 0) is 0 Å². The summed E-state index contributed by atoms with van der Waals surface area (Å²) in [6.45, 7) is 0.140. The van der Waals surface area contributed by atoms with E-state index in [-0.39, 0.29) is 27.4 Å². The first kappa shape index (κ1) is 11.6. The van der Waals surface area contributed by atoms with Crippen molar-refractivity contribution >= 4 is 33.3 Å². The molecule has 0 saturated carbocycles. The molecule has 2 nitrogen and oxygen atoms in total. The Labute approximate surface area is 94.6 Å². The summed E-state index contributed by atoms with van der Waals surface area (Å²) in [5.41, 5.74) is 0.196. The zero-order valence-electron chi connectivity index (χ0n) is 7.40. The lowest BCUT2D eigenvalue weighted by atomic mass is 10.1. The first-order valence-corrected chi connectivity index (χ1v) is 5.06. The molecule has 5 heteroatoms. The highest BCUT2D eigenvalue weighted by molar-refractivity contribution is 9.10. The summed E-state index contributed by atoms with van der Waals surface area (Å²) >= 11 is 8.66. The summed E-state index contributed by atoms with van der Waals surface area (Å²) in [5, 5.41) is 2.55. The second kappa shape index (κ2) is 4.87. The van der Waals surface area contributed by atoms with Crippen LogP contribution in [0.25, 0.3) is 0 Å². The van der Waals surface area contributed by atoms with Crippen molar-refractivity contribution in [1.82, 2.24) is 5.32 Å². The number of benzene rings is 1. The monoisotopic (exact) mass is 279 g/mol. The van der Waals surface area contributed by atoms with E-state index in [1.165, 1.54) is 12.1 Å². The Hall–Kier alpha value is -0.450. The van der Waals surface area contributed by atoms with Gasteiger partial charge in [0.15, 0.2) is 11.6 Å². The number of carbonyl (C=O) groups is 1. The lowest BCUT2D eigenvalue weighted by Gasteiger charge is -2.04. The van der Waals surface area contributed by atoms with Crippen molar-refractivity contribution in [3.05, 3.63) is 33.0 Å². The van der Waals surface area contributed by atoms with Crippen LogP contribution in [0.15, 0.2) is 16.6 Å². The van der Waals surface area contributed by atoms with Crippen LogP contribution in [0.2, 0.25) is 5.02 Å². The van der Waals surface area contributed by atoms with Gasteiger partial charge in [-0.15, -0.1) is 0 Å². The SMILES string of the molecule is CNCC(=O)c1ccc(Br)c(F)c1Cl. The number of hydrogen-bond donors (Lipinski definition) is 1. The number of Topliss-reactive ketones (excluding diaryl/α,β-unsaturated/α-hetero) is 1. The van der Waals surface area contributed by atoms with Gasteiger partial charge in [-0.05, 0) is 35.1 Å². The largest absolute Gasteiger partial charge is 0.313 e. The molecule has 0 saturated heterocycles. The number of halogens is 3. The van der Waals surface area contributed by atoms with Crippen LogP contribution in [0.1, 0.15) is 10.4 Å². The third-order valence-corrected chi connectivity index (χ3v) is 2.65. The molecule has 1 N–H and O–H groups in total. The topological polar surface area (TPSA) is 29.1 Å². The minimum atomic E-state index is -0.603. The Morgan fingerprint density at radius 2 is 2.29 bits per heavy atom. The summed E-state index contributed by atoms with van der Waals surface area (Å²) in [7, 11) is 1.64. The van der Waals surface area contributed by atoms with E-state index >= 15 is 0 Å². The second-order valence-corrected chi connectivity index (χ2v) is 3.91. The molecule has 14 heavy (non-hydrogen) atoms. The van der Waals surface area contributed by atoms with Crippen LogP contribution in [-0.4, -0.2) is 19.4 Å². The fourth-order valence-corrected chi connectivity index (χ4v) is 1.71. The Morgan fingerprint density at radius 3 is 2.86 bits per heavy atom.